The summed E-state index contributed by atoms with van der Waals surface area (Å²) >= 11 is 0. The van der Waals surface area contributed by atoms with Crippen LogP contribution in [0.25, 0.3) is 0 Å². The minimum atomic E-state index is -0.177. The van der Waals surface area contributed by atoms with Gasteiger partial charge in [-0.25, -0.2) is 0 Å². The van der Waals surface area contributed by atoms with Crippen molar-refractivity contribution in [2.24, 2.45) is 5.92 Å². The highest BCUT2D eigenvalue weighted by molar-refractivity contribution is 5.85. The summed E-state index contributed by atoms with van der Waals surface area (Å²) < 4.78 is 0. The summed E-state index contributed by atoms with van der Waals surface area (Å²) in [7, 11) is 0. The number of rotatable bonds is 3. The molecular formula is C11H16ClNO. The van der Waals surface area contributed by atoms with Crippen LogP contribution in [0.2, 0.25) is 0 Å². The Labute approximate surface area is 90.7 Å². The summed E-state index contributed by atoms with van der Waals surface area (Å²) in [6, 6.07) is 10.2. The summed E-state index contributed by atoms with van der Waals surface area (Å²) in [4.78, 5) is 0. The van der Waals surface area contributed by atoms with E-state index in [1.807, 2.05) is 18.2 Å². The molecule has 1 aliphatic rings. The van der Waals surface area contributed by atoms with Gasteiger partial charge in [-0.05, 0) is 12.0 Å². The highest BCUT2D eigenvalue weighted by Gasteiger charge is 2.24. The Hall–Kier alpha value is -0.570. The summed E-state index contributed by atoms with van der Waals surface area (Å²) in [5.41, 5.74) is 1.22. The molecule has 0 spiro atoms. The molecule has 1 aliphatic heterocycles. The molecule has 0 saturated carbocycles. The van der Waals surface area contributed by atoms with Gasteiger partial charge in [0.05, 0.1) is 6.10 Å². The van der Waals surface area contributed by atoms with Gasteiger partial charge in [0.15, 0.2) is 0 Å². The zero-order chi connectivity index (χ0) is 9.10. The van der Waals surface area contributed by atoms with Crippen molar-refractivity contribution < 1.29 is 5.11 Å². The van der Waals surface area contributed by atoms with E-state index in [1.165, 1.54) is 5.56 Å². The van der Waals surface area contributed by atoms with Crippen LogP contribution in [0.4, 0.5) is 0 Å². The molecule has 0 unspecified atom stereocenters. The fourth-order valence-electron chi connectivity index (χ4n) is 1.61. The SMILES string of the molecule is Cl.O[C@@H](Cc1ccccc1)C1CNC1. The standard InChI is InChI=1S/C11H15NO.ClH/c13-11(10-7-12-8-10)6-9-4-2-1-3-5-9;/h1-5,10-13H,6-8H2;1H/t11-;/m0./s1. The van der Waals surface area contributed by atoms with Crippen molar-refractivity contribution in [3.63, 3.8) is 0 Å². The fourth-order valence-corrected chi connectivity index (χ4v) is 1.61. The molecule has 0 amide bonds. The number of hydrogen-bond acceptors (Lipinski definition) is 2. The molecular weight excluding hydrogens is 198 g/mol. The number of aliphatic hydroxyl groups excluding tert-OH is 1. The van der Waals surface area contributed by atoms with E-state index < -0.39 is 0 Å². The Morgan fingerprint density at radius 3 is 2.43 bits per heavy atom. The number of halogens is 1. The van der Waals surface area contributed by atoms with Crippen molar-refractivity contribution in [1.82, 2.24) is 5.32 Å². The van der Waals surface area contributed by atoms with Gasteiger partial charge in [-0.1, -0.05) is 30.3 Å². The Kier molecular flexibility index (Phi) is 4.39. The van der Waals surface area contributed by atoms with Gasteiger partial charge in [0.25, 0.3) is 0 Å². The summed E-state index contributed by atoms with van der Waals surface area (Å²) in [5, 5.41) is 13.0. The maximum atomic E-state index is 9.78. The first-order valence-electron chi connectivity index (χ1n) is 4.79. The van der Waals surface area contributed by atoms with Gasteiger partial charge >= 0.3 is 0 Å². The van der Waals surface area contributed by atoms with Gasteiger partial charge < -0.3 is 10.4 Å². The fraction of sp³-hybridized carbons (Fsp3) is 0.455. The van der Waals surface area contributed by atoms with E-state index in [0.717, 1.165) is 19.5 Å². The lowest BCUT2D eigenvalue weighted by Crippen LogP contribution is -2.49. The molecule has 1 atom stereocenters. The molecule has 2 nitrogen and oxygen atoms in total. The van der Waals surface area contributed by atoms with E-state index in [9.17, 15) is 5.11 Å². The lowest BCUT2D eigenvalue weighted by Gasteiger charge is -2.31. The number of hydrogen-bond donors (Lipinski definition) is 2. The monoisotopic (exact) mass is 213 g/mol. The summed E-state index contributed by atoms with van der Waals surface area (Å²) in [6.07, 6.45) is 0.608. The highest BCUT2D eigenvalue weighted by atomic mass is 35.5. The highest BCUT2D eigenvalue weighted by Crippen LogP contribution is 2.13. The minimum Gasteiger partial charge on any atom is -0.392 e. The maximum absolute atomic E-state index is 9.78. The van der Waals surface area contributed by atoms with Crippen LogP contribution in [-0.2, 0) is 6.42 Å². The predicted molar refractivity (Wildman–Crippen MR) is 59.8 cm³/mol. The van der Waals surface area contributed by atoms with E-state index in [0.29, 0.717) is 5.92 Å². The second-order valence-corrected chi connectivity index (χ2v) is 3.68. The van der Waals surface area contributed by atoms with Gasteiger partial charge in [-0.3, -0.25) is 0 Å². The van der Waals surface area contributed by atoms with E-state index in [2.05, 4.69) is 17.4 Å². The lowest BCUT2D eigenvalue weighted by molar-refractivity contribution is 0.0772. The molecule has 2 rings (SSSR count). The third-order valence-electron chi connectivity index (χ3n) is 2.64. The second-order valence-electron chi connectivity index (χ2n) is 3.68. The predicted octanol–water partition coefficient (Wildman–Crippen LogP) is 1.23. The minimum absolute atomic E-state index is 0. The van der Waals surface area contributed by atoms with Crippen LogP contribution < -0.4 is 5.32 Å². The van der Waals surface area contributed by atoms with Crippen LogP contribution in [0.5, 0.6) is 0 Å². The molecule has 0 bridgehead atoms. The third-order valence-corrected chi connectivity index (χ3v) is 2.64. The molecule has 3 heteroatoms. The average molecular weight is 214 g/mol. The van der Waals surface area contributed by atoms with E-state index >= 15 is 0 Å². The number of nitrogens with one attached hydrogen (secondary N) is 1. The van der Waals surface area contributed by atoms with Crippen LogP contribution in [0.3, 0.4) is 0 Å². The molecule has 1 heterocycles. The van der Waals surface area contributed by atoms with Gasteiger partial charge in [-0.15, -0.1) is 12.4 Å². The lowest BCUT2D eigenvalue weighted by atomic mass is 9.92. The number of aliphatic hydroxyl groups is 1. The molecule has 78 valence electrons. The molecule has 1 fully saturated rings. The largest absolute Gasteiger partial charge is 0.392 e. The zero-order valence-electron chi connectivity index (χ0n) is 8.02. The van der Waals surface area contributed by atoms with Crippen molar-refractivity contribution in [2.75, 3.05) is 13.1 Å². The van der Waals surface area contributed by atoms with E-state index in [-0.39, 0.29) is 18.5 Å². The molecule has 0 radical (unpaired) electrons. The quantitative estimate of drug-likeness (QED) is 0.792. The molecule has 2 N–H and O–H groups in total. The van der Waals surface area contributed by atoms with Crippen molar-refractivity contribution in [2.45, 2.75) is 12.5 Å². The van der Waals surface area contributed by atoms with Gasteiger partial charge in [0.1, 0.15) is 0 Å². The van der Waals surface area contributed by atoms with Crippen LogP contribution >= 0.6 is 12.4 Å². The molecule has 1 aromatic rings. The summed E-state index contributed by atoms with van der Waals surface area (Å²) in [5.74, 6) is 0.459. The smallest absolute Gasteiger partial charge is 0.0632 e. The van der Waals surface area contributed by atoms with Crippen LogP contribution in [0, 0.1) is 5.92 Å². The van der Waals surface area contributed by atoms with E-state index in [4.69, 9.17) is 0 Å². The Morgan fingerprint density at radius 1 is 1.29 bits per heavy atom. The van der Waals surface area contributed by atoms with Gasteiger partial charge in [0.2, 0.25) is 0 Å². The molecule has 1 saturated heterocycles. The average Bonchev–Trinajstić information content (AvgIpc) is 2.02. The normalized spacial score (nSPS) is 18.1. The molecule has 14 heavy (non-hydrogen) atoms. The van der Waals surface area contributed by atoms with Crippen molar-refractivity contribution >= 4 is 12.4 Å². The van der Waals surface area contributed by atoms with Crippen LogP contribution in [-0.4, -0.2) is 24.3 Å². The molecule has 1 aromatic carbocycles. The third kappa shape index (κ3) is 2.71. The number of benzene rings is 1. The zero-order valence-corrected chi connectivity index (χ0v) is 8.83. The second kappa shape index (κ2) is 5.35. The molecule has 0 aromatic heterocycles. The van der Waals surface area contributed by atoms with E-state index in [1.54, 1.807) is 0 Å². The first-order chi connectivity index (χ1) is 6.36. The van der Waals surface area contributed by atoms with Crippen molar-refractivity contribution in [3.8, 4) is 0 Å². The van der Waals surface area contributed by atoms with Gasteiger partial charge in [-0.2, -0.15) is 0 Å². The van der Waals surface area contributed by atoms with Gasteiger partial charge in [0, 0.05) is 19.0 Å². The van der Waals surface area contributed by atoms with Crippen LogP contribution in [0.15, 0.2) is 30.3 Å². The topological polar surface area (TPSA) is 32.3 Å². The maximum Gasteiger partial charge on any atom is 0.0632 e. The molecule has 0 aliphatic carbocycles. The first-order valence-corrected chi connectivity index (χ1v) is 4.79. The van der Waals surface area contributed by atoms with Crippen molar-refractivity contribution in [1.29, 1.82) is 0 Å². The summed E-state index contributed by atoms with van der Waals surface area (Å²) in [6.45, 7) is 1.93. The Balaban J connectivity index is 0.000000980. The van der Waals surface area contributed by atoms with Crippen molar-refractivity contribution in [3.05, 3.63) is 35.9 Å². The first kappa shape index (κ1) is 11.5. The Bertz CT molecular complexity index is 261. The van der Waals surface area contributed by atoms with Crippen LogP contribution in [0.1, 0.15) is 5.56 Å². The Morgan fingerprint density at radius 2 is 1.93 bits per heavy atom.